The predicted octanol–water partition coefficient (Wildman–Crippen LogP) is 1.65. The van der Waals surface area contributed by atoms with Gasteiger partial charge in [-0.05, 0) is 18.6 Å². The van der Waals surface area contributed by atoms with Crippen LogP contribution in [-0.2, 0) is 27.5 Å². The van der Waals surface area contributed by atoms with Gasteiger partial charge >= 0.3 is 5.97 Å². The molecule has 4 rings (SSSR count). The summed E-state index contributed by atoms with van der Waals surface area (Å²) in [7, 11) is 0. The molecule has 1 aromatic rings. The second kappa shape index (κ2) is 6.17. The molecule has 144 valence electrons. The van der Waals surface area contributed by atoms with Gasteiger partial charge in [0.2, 0.25) is 11.8 Å². The Kier molecular flexibility index (Phi) is 4.16. The van der Waals surface area contributed by atoms with Crippen molar-refractivity contribution < 1.29 is 24.6 Å². The van der Waals surface area contributed by atoms with E-state index in [0.29, 0.717) is 25.1 Å². The van der Waals surface area contributed by atoms with E-state index < -0.39 is 18.0 Å². The van der Waals surface area contributed by atoms with Crippen LogP contribution in [0.2, 0.25) is 0 Å². The van der Waals surface area contributed by atoms with Crippen LogP contribution in [0.4, 0.5) is 0 Å². The van der Waals surface area contributed by atoms with Crippen molar-refractivity contribution in [2.75, 3.05) is 0 Å². The number of aliphatic carboxylic acids is 1. The summed E-state index contributed by atoms with van der Waals surface area (Å²) in [5.74, 6) is -2.06. The maximum absolute atomic E-state index is 12.4. The van der Waals surface area contributed by atoms with Gasteiger partial charge in [0.1, 0.15) is 5.70 Å². The highest BCUT2D eigenvalue weighted by Crippen LogP contribution is 2.52. The Morgan fingerprint density at radius 1 is 1.37 bits per heavy atom. The van der Waals surface area contributed by atoms with E-state index in [1.54, 1.807) is 11.8 Å². The first-order valence-corrected chi connectivity index (χ1v) is 9.96. The number of carboxylic acid groups (broad SMARTS) is 1. The molecular weight excluding hydrogens is 368 g/mol. The lowest BCUT2D eigenvalue weighted by molar-refractivity contribution is -0.163. The number of hydrogen-bond donors (Lipinski definition) is 2. The summed E-state index contributed by atoms with van der Waals surface area (Å²) in [6.45, 7) is 6.43. The van der Waals surface area contributed by atoms with Crippen LogP contribution in [0.15, 0.2) is 11.8 Å². The number of rotatable bonds is 4. The van der Waals surface area contributed by atoms with E-state index in [4.69, 9.17) is 0 Å². The number of aliphatic hydroxyl groups excluding tert-OH is 1. The maximum Gasteiger partial charge on any atom is 0.352 e. The number of aliphatic hydroxyl groups is 1. The molecule has 0 aliphatic carbocycles. The third kappa shape index (κ3) is 2.46. The smallest absolute Gasteiger partial charge is 0.352 e. The van der Waals surface area contributed by atoms with Crippen LogP contribution < -0.4 is 0 Å². The lowest BCUT2D eigenvalue weighted by Gasteiger charge is -2.46. The quantitative estimate of drug-likeness (QED) is 0.762. The highest BCUT2D eigenvalue weighted by atomic mass is 32.1. The summed E-state index contributed by atoms with van der Waals surface area (Å²) in [5, 5.41) is 19.7. The van der Waals surface area contributed by atoms with Crippen LogP contribution >= 0.6 is 11.3 Å². The zero-order valence-corrected chi connectivity index (χ0v) is 16.2. The first kappa shape index (κ1) is 18.2. The molecular formula is C19H22N2O5S. The number of hydrogen-bond acceptors (Lipinski definition) is 5. The lowest BCUT2D eigenvalue weighted by Crippen LogP contribution is -2.63. The van der Waals surface area contributed by atoms with Crippen LogP contribution in [0.25, 0.3) is 5.57 Å². The first-order valence-electron chi connectivity index (χ1n) is 9.14. The number of carbonyl (C=O) groups is 3. The number of carboxylic acids is 1. The third-order valence-electron chi connectivity index (χ3n) is 5.89. The van der Waals surface area contributed by atoms with E-state index in [9.17, 15) is 24.6 Å². The average Bonchev–Trinajstić information content (AvgIpc) is 3.22. The molecule has 2 amide bonds. The van der Waals surface area contributed by atoms with Crippen molar-refractivity contribution in [1.82, 2.24) is 9.80 Å². The van der Waals surface area contributed by atoms with Gasteiger partial charge in [0, 0.05) is 34.2 Å². The van der Waals surface area contributed by atoms with Crippen molar-refractivity contribution in [3.63, 3.8) is 0 Å². The van der Waals surface area contributed by atoms with Gasteiger partial charge in [-0.2, -0.15) is 0 Å². The Labute approximate surface area is 160 Å². The molecule has 2 N–H and O–H groups in total. The van der Waals surface area contributed by atoms with E-state index >= 15 is 0 Å². The van der Waals surface area contributed by atoms with Crippen LogP contribution in [-0.4, -0.2) is 49.9 Å². The maximum atomic E-state index is 12.4. The van der Waals surface area contributed by atoms with Crippen LogP contribution in [0.5, 0.6) is 0 Å². The van der Waals surface area contributed by atoms with Crippen LogP contribution in [0.3, 0.4) is 0 Å². The van der Waals surface area contributed by atoms with Crippen molar-refractivity contribution in [2.45, 2.75) is 52.4 Å². The molecule has 0 saturated carbocycles. The summed E-state index contributed by atoms with van der Waals surface area (Å²) < 4.78 is 0. The molecule has 3 aliphatic heterocycles. The first-order chi connectivity index (χ1) is 12.8. The Hall–Kier alpha value is -2.19. The molecule has 1 saturated heterocycles. The van der Waals surface area contributed by atoms with Crippen molar-refractivity contribution in [3.05, 3.63) is 27.1 Å². The van der Waals surface area contributed by atoms with Gasteiger partial charge in [-0.25, -0.2) is 4.79 Å². The van der Waals surface area contributed by atoms with E-state index in [2.05, 4.69) is 0 Å². The standard InChI is InChI=1S/C19H22N2O5S/c1-4-13(23)20-6-10-5-11(27-12(10)7-20)14-8(2)16-15(9(3)22)18(24)21(16)17(14)19(25)26/h5,8-9,15-16,22H,4,6-7H2,1-3H3,(H,25,26)/t8-,9+,15+,16+/m0/s1. The molecule has 27 heavy (non-hydrogen) atoms. The fourth-order valence-electron chi connectivity index (χ4n) is 4.59. The zero-order chi connectivity index (χ0) is 19.6. The van der Waals surface area contributed by atoms with E-state index in [0.717, 1.165) is 15.3 Å². The molecule has 0 aromatic carbocycles. The molecule has 1 aromatic heterocycles. The molecule has 7 nitrogen and oxygen atoms in total. The molecule has 0 unspecified atom stereocenters. The molecule has 0 radical (unpaired) electrons. The number of β-lactam (4-membered cyclic amide) rings is 1. The van der Waals surface area contributed by atoms with Gasteiger partial charge in [0.25, 0.3) is 0 Å². The third-order valence-corrected chi connectivity index (χ3v) is 7.08. The number of carbonyl (C=O) groups excluding carboxylic acids is 2. The fraction of sp³-hybridized carbons (Fsp3) is 0.526. The van der Waals surface area contributed by atoms with Gasteiger partial charge in [-0.3, -0.25) is 9.59 Å². The molecule has 0 bridgehead atoms. The highest BCUT2D eigenvalue weighted by molar-refractivity contribution is 7.13. The summed E-state index contributed by atoms with van der Waals surface area (Å²) in [6.07, 6.45) is -0.343. The molecule has 1 fully saturated rings. The molecule has 0 spiro atoms. The minimum absolute atomic E-state index is 0.0378. The summed E-state index contributed by atoms with van der Waals surface area (Å²) >= 11 is 1.50. The van der Waals surface area contributed by atoms with E-state index in [1.165, 1.54) is 16.2 Å². The highest BCUT2D eigenvalue weighted by Gasteiger charge is 2.60. The zero-order valence-electron chi connectivity index (χ0n) is 15.4. The Balaban J connectivity index is 1.70. The van der Waals surface area contributed by atoms with Crippen molar-refractivity contribution in [2.24, 2.45) is 11.8 Å². The Morgan fingerprint density at radius 3 is 2.63 bits per heavy atom. The largest absolute Gasteiger partial charge is 0.477 e. The lowest BCUT2D eigenvalue weighted by atomic mass is 9.77. The number of amides is 2. The predicted molar refractivity (Wildman–Crippen MR) is 98.4 cm³/mol. The molecule has 4 heterocycles. The second-order valence-corrected chi connectivity index (χ2v) is 8.62. The molecule has 4 atom stereocenters. The van der Waals surface area contributed by atoms with E-state index in [1.807, 2.05) is 19.9 Å². The number of fused-ring (bicyclic) bond motifs is 2. The van der Waals surface area contributed by atoms with Gasteiger partial charge in [0.05, 0.1) is 24.6 Å². The molecule has 8 heteroatoms. The second-order valence-electron chi connectivity index (χ2n) is 7.48. The van der Waals surface area contributed by atoms with Crippen molar-refractivity contribution in [3.8, 4) is 0 Å². The SMILES string of the molecule is CCC(=O)N1Cc2cc(C3=C(C(=O)O)N4C(=O)[C@H]([C@@H](C)O)[C@H]4[C@H]3C)sc2C1. The van der Waals surface area contributed by atoms with Gasteiger partial charge in [0.15, 0.2) is 0 Å². The van der Waals surface area contributed by atoms with Crippen LogP contribution in [0, 0.1) is 11.8 Å². The van der Waals surface area contributed by atoms with Gasteiger partial charge < -0.3 is 20.0 Å². The minimum atomic E-state index is -1.12. The number of nitrogens with zero attached hydrogens (tertiary/aromatic N) is 2. The summed E-state index contributed by atoms with van der Waals surface area (Å²) in [4.78, 5) is 41.4. The van der Waals surface area contributed by atoms with Gasteiger partial charge in [-0.15, -0.1) is 11.3 Å². The number of thiophene rings is 1. The van der Waals surface area contributed by atoms with Gasteiger partial charge in [-0.1, -0.05) is 13.8 Å². The van der Waals surface area contributed by atoms with Crippen molar-refractivity contribution in [1.29, 1.82) is 0 Å². The normalized spacial score (nSPS) is 27.6. The fourth-order valence-corrected chi connectivity index (χ4v) is 5.93. The summed E-state index contributed by atoms with van der Waals surface area (Å²) in [5.41, 5.74) is 1.75. The summed E-state index contributed by atoms with van der Waals surface area (Å²) in [6, 6.07) is 1.65. The average molecular weight is 390 g/mol. The monoisotopic (exact) mass is 390 g/mol. The molecule has 3 aliphatic rings. The topological polar surface area (TPSA) is 98.2 Å². The van der Waals surface area contributed by atoms with E-state index in [-0.39, 0.29) is 29.5 Å². The Bertz CT molecular complexity index is 863. The van der Waals surface area contributed by atoms with Crippen LogP contribution in [0.1, 0.15) is 42.5 Å². The Morgan fingerprint density at radius 2 is 2.07 bits per heavy atom. The minimum Gasteiger partial charge on any atom is -0.477 e. The van der Waals surface area contributed by atoms with Crippen molar-refractivity contribution >= 4 is 34.7 Å².